The van der Waals surface area contributed by atoms with Crippen LogP contribution in [0.2, 0.25) is 0 Å². The van der Waals surface area contributed by atoms with Crippen molar-refractivity contribution in [1.82, 2.24) is 0 Å². The molecule has 0 unspecified atom stereocenters. The maximum absolute atomic E-state index is 8.16. The van der Waals surface area contributed by atoms with Crippen molar-refractivity contribution in [2.75, 3.05) is 5.23 Å². The van der Waals surface area contributed by atoms with E-state index >= 15 is 0 Å². The van der Waals surface area contributed by atoms with Crippen molar-refractivity contribution in [2.45, 2.75) is 0 Å². The fraction of sp³-hybridized carbons (Fsp3) is 0. The molecule has 1 aromatic rings. The molecule has 0 aliphatic carbocycles. The van der Waals surface area contributed by atoms with Crippen LogP contribution in [0.4, 0.5) is 5.69 Å². The van der Waals surface area contributed by atoms with Gasteiger partial charge in [-0.3, -0.25) is 0 Å². The zero-order chi connectivity index (χ0) is 7.23. The van der Waals surface area contributed by atoms with Crippen molar-refractivity contribution in [3.05, 3.63) is 30.3 Å². The molecule has 0 aliphatic rings. The molecule has 1 radical (unpaired) electrons. The quantitative estimate of drug-likeness (QED) is 0.608. The number of benzene rings is 1. The number of hydrogen-bond donors (Lipinski definition) is 1. The van der Waals surface area contributed by atoms with E-state index in [-0.39, 0.29) is 0 Å². The molecule has 0 fully saturated rings. The SMILES string of the molecule is N#C[B]Nc1ccccc1. The highest BCUT2D eigenvalue weighted by atomic mass is 14.8. The van der Waals surface area contributed by atoms with Gasteiger partial charge in [-0.2, -0.15) is 0 Å². The number of rotatable bonds is 2. The topological polar surface area (TPSA) is 35.8 Å². The fourth-order valence-electron chi connectivity index (χ4n) is 0.650. The average molecular weight is 129 g/mol. The molecule has 1 aromatic carbocycles. The lowest BCUT2D eigenvalue weighted by Gasteiger charge is -1.96. The molecule has 2 nitrogen and oxygen atoms in total. The van der Waals surface area contributed by atoms with Gasteiger partial charge < -0.3 is 5.23 Å². The minimum absolute atomic E-state index is 0.934. The molecule has 0 saturated carbocycles. The van der Waals surface area contributed by atoms with Crippen molar-refractivity contribution in [3.63, 3.8) is 0 Å². The molecule has 1 N–H and O–H groups in total. The summed E-state index contributed by atoms with van der Waals surface area (Å²) in [5, 5.41) is 11.0. The molecule has 47 valence electrons. The Morgan fingerprint density at radius 3 is 2.60 bits per heavy atom. The van der Waals surface area contributed by atoms with E-state index in [2.05, 4.69) is 5.23 Å². The van der Waals surface area contributed by atoms with Crippen LogP contribution in [-0.4, -0.2) is 7.41 Å². The highest BCUT2D eigenvalue weighted by Gasteiger charge is 1.87. The van der Waals surface area contributed by atoms with E-state index in [0.717, 1.165) is 5.69 Å². The van der Waals surface area contributed by atoms with Gasteiger partial charge in [0.05, 0.1) is 0 Å². The van der Waals surface area contributed by atoms with Gasteiger partial charge in [-0.1, -0.05) is 18.2 Å². The van der Waals surface area contributed by atoms with E-state index in [1.54, 1.807) is 0 Å². The van der Waals surface area contributed by atoms with E-state index in [9.17, 15) is 0 Å². The fourth-order valence-corrected chi connectivity index (χ4v) is 0.650. The summed E-state index contributed by atoms with van der Waals surface area (Å²) in [4.78, 5) is 0. The molecule has 0 aromatic heterocycles. The molecular weight excluding hydrogens is 123 g/mol. The molecule has 3 heteroatoms. The van der Waals surface area contributed by atoms with Crippen molar-refractivity contribution < 1.29 is 0 Å². The predicted molar refractivity (Wildman–Crippen MR) is 41.4 cm³/mol. The lowest BCUT2D eigenvalue weighted by Crippen LogP contribution is -2.01. The second-order valence-corrected chi connectivity index (χ2v) is 1.78. The Bertz CT molecular complexity index is 227. The molecular formula is C7H6BN2. The van der Waals surface area contributed by atoms with Gasteiger partial charge in [-0.15, -0.1) is 0 Å². The van der Waals surface area contributed by atoms with Crippen LogP contribution in [0, 0.1) is 11.2 Å². The van der Waals surface area contributed by atoms with Gasteiger partial charge >= 0.3 is 7.41 Å². The molecule has 0 saturated heterocycles. The van der Waals surface area contributed by atoms with Crippen molar-refractivity contribution >= 4 is 13.1 Å². The summed E-state index contributed by atoms with van der Waals surface area (Å²) in [6, 6.07) is 9.54. The van der Waals surface area contributed by atoms with Crippen LogP contribution < -0.4 is 5.23 Å². The zero-order valence-electron chi connectivity index (χ0n) is 5.41. The van der Waals surface area contributed by atoms with Gasteiger partial charge in [0.1, 0.15) is 0 Å². The second-order valence-electron chi connectivity index (χ2n) is 1.78. The Kier molecular flexibility index (Phi) is 2.39. The minimum atomic E-state index is 0.934. The van der Waals surface area contributed by atoms with Crippen molar-refractivity contribution in [1.29, 1.82) is 5.26 Å². The molecule has 0 atom stereocenters. The number of nitriles is 1. The van der Waals surface area contributed by atoms with Gasteiger partial charge in [0.2, 0.25) is 0 Å². The van der Waals surface area contributed by atoms with Gasteiger partial charge in [0.25, 0.3) is 0 Å². The van der Waals surface area contributed by atoms with E-state index in [1.807, 2.05) is 36.3 Å². The standard InChI is InChI=1S/C7H6BN2/c9-6-8-10-7-4-2-1-3-5-7/h1-5,10H. The van der Waals surface area contributed by atoms with E-state index in [0.29, 0.717) is 0 Å². The molecule has 0 aliphatic heterocycles. The van der Waals surface area contributed by atoms with Gasteiger partial charge in [-0.25, -0.2) is 5.26 Å². The maximum Gasteiger partial charge on any atom is 0.384 e. The van der Waals surface area contributed by atoms with E-state index in [4.69, 9.17) is 5.26 Å². The van der Waals surface area contributed by atoms with Gasteiger partial charge in [0.15, 0.2) is 0 Å². The summed E-state index contributed by atoms with van der Waals surface area (Å²) in [7, 11) is 1.34. The Labute approximate surface area is 60.7 Å². The number of nitrogens with one attached hydrogen (secondary N) is 1. The molecule has 0 heterocycles. The predicted octanol–water partition coefficient (Wildman–Crippen LogP) is 1.20. The number of para-hydroxylation sites is 1. The number of hydrogen-bond acceptors (Lipinski definition) is 2. The lowest BCUT2D eigenvalue weighted by atomic mass is 9.98. The first-order valence-corrected chi connectivity index (χ1v) is 2.96. The van der Waals surface area contributed by atoms with Crippen molar-refractivity contribution in [2.24, 2.45) is 0 Å². The summed E-state index contributed by atoms with van der Waals surface area (Å²) < 4.78 is 0. The van der Waals surface area contributed by atoms with Crippen LogP contribution in [-0.2, 0) is 0 Å². The third-order valence-electron chi connectivity index (χ3n) is 1.08. The van der Waals surface area contributed by atoms with Crippen LogP contribution in [0.1, 0.15) is 0 Å². The molecule has 10 heavy (non-hydrogen) atoms. The third kappa shape index (κ3) is 1.83. The zero-order valence-corrected chi connectivity index (χ0v) is 5.41. The summed E-state index contributed by atoms with van der Waals surface area (Å²) in [6.07, 6.45) is 0. The van der Waals surface area contributed by atoms with Crippen LogP contribution in [0.3, 0.4) is 0 Å². The summed E-state index contributed by atoms with van der Waals surface area (Å²) in [5.41, 5.74) is 0.934. The summed E-state index contributed by atoms with van der Waals surface area (Å²) in [5.74, 6) is 1.88. The first-order valence-electron chi connectivity index (χ1n) is 2.96. The lowest BCUT2D eigenvalue weighted by molar-refractivity contribution is 1.56. The number of anilines is 1. The average Bonchev–Trinajstić information content (AvgIpc) is 2.03. The second kappa shape index (κ2) is 3.57. The van der Waals surface area contributed by atoms with Crippen LogP contribution in [0.5, 0.6) is 0 Å². The Morgan fingerprint density at radius 1 is 1.30 bits per heavy atom. The maximum atomic E-state index is 8.16. The first-order chi connectivity index (χ1) is 4.93. The summed E-state index contributed by atoms with van der Waals surface area (Å²) >= 11 is 0. The van der Waals surface area contributed by atoms with Gasteiger partial charge in [0, 0.05) is 11.7 Å². The molecule has 0 spiro atoms. The Balaban J connectivity index is 2.52. The Morgan fingerprint density at radius 2 is 2.00 bits per heavy atom. The largest absolute Gasteiger partial charge is 0.419 e. The molecule has 1 rings (SSSR count). The highest BCUT2D eigenvalue weighted by molar-refractivity contribution is 6.49. The van der Waals surface area contributed by atoms with Crippen LogP contribution in [0.15, 0.2) is 30.3 Å². The molecule has 0 amide bonds. The third-order valence-corrected chi connectivity index (χ3v) is 1.08. The summed E-state index contributed by atoms with van der Waals surface area (Å²) in [6.45, 7) is 0. The highest BCUT2D eigenvalue weighted by Crippen LogP contribution is 2.02. The van der Waals surface area contributed by atoms with Crippen LogP contribution >= 0.6 is 0 Å². The first kappa shape index (κ1) is 6.69. The monoisotopic (exact) mass is 129 g/mol. The van der Waals surface area contributed by atoms with Crippen molar-refractivity contribution in [3.8, 4) is 5.97 Å². The Hall–Kier alpha value is -1.43. The van der Waals surface area contributed by atoms with Gasteiger partial charge in [-0.05, 0) is 12.1 Å². The normalized spacial score (nSPS) is 7.90. The molecule has 0 bridgehead atoms. The minimum Gasteiger partial charge on any atom is -0.419 e. The van der Waals surface area contributed by atoms with E-state index < -0.39 is 0 Å². The van der Waals surface area contributed by atoms with E-state index in [1.165, 1.54) is 7.41 Å². The number of nitrogens with zero attached hydrogens (tertiary/aromatic N) is 1. The smallest absolute Gasteiger partial charge is 0.384 e. The van der Waals surface area contributed by atoms with Crippen LogP contribution in [0.25, 0.3) is 0 Å².